The lowest BCUT2D eigenvalue weighted by atomic mass is 10.0. The standard InChI is InChI=1S/C21H42ClNO/c1-20(2)16-13-11-9-7-5-3-4-6-8-10-12-14-17-21(24)23-19-15-18-22/h20H,3-19H2,1-2H3,(H,23,24). The van der Waals surface area contributed by atoms with Crippen LogP contribution in [0.2, 0.25) is 0 Å². The van der Waals surface area contributed by atoms with Gasteiger partial charge in [0.2, 0.25) is 5.91 Å². The average Bonchev–Trinajstić information content (AvgIpc) is 2.55. The van der Waals surface area contributed by atoms with Gasteiger partial charge in [-0.15, -0.1) is 11.6 Å². The number of hydrogen-bond acceptors (Lipinski definition) is 1. The lowest BCUT2D eigenvalue weighted by Gasteiger charge is -2.05. The summed E-state index contributed by atoms with van der Waals surface area (Å²) in [4.78, 5) is 11.5. The summed E-state index contributed by atoms with van der Waals surface area (Å²) in [6, 6.07) is 0. The van der Waals surface area contributed by atoms with Gasteiger partial charge in [-0.25, -0.2) is 0 Å². The van der Waals surface area contributed by atoms with Crippen LogP contribution in [0.25, 0.3) is 0 Å². The van der Waals surface area contributed by atoms with E-state index in [0.29, 0.717) is 12.3 Å². The number of amides is 1. The highest BCUT2D eigenvalue weighted by Gasteiger charge is 2.00. The fraction of sp³-hybridized carbons (Fsp3) is 0.952. The van der Waals surface area contributed by atoms with Crippen LogP contribution in [0.3, 0.4) is 0 Å². The van der Waals surface area contributed by atoms with Crippen LogP contribution in [0.4, 0.5) is 0 Å². The fourth-order valence-corrected chi connectivity index (χ4v) is 3.12. The number of alkyl halides is 1. The zero-order chi connectivity index (χ0) is 17.9. The third-order valence-corrected chi connectivity index (χ3v) is 4.84. The molecule has 0 aromatic heterocycles. The molecular weight excluding hydrogens is 318 g/mol. The molecule has 0 saturated heterocycles. The second-order valence-electron chi connectivity index (χ2n) is 7.57. The quantitative estimate of drug-likeness (QED) is 0.210. The van der Waals surface area contributed by atoms with Crippen molar-refractivity contribution in [1.82, 2.24) is 5.32 Å². The molecule has 0 aromatic rings. The summed E-state index contributed by atoms with van der Waals surface area (Å²) in [6.45, 7) is 5.36. The van der Waals surface area contributed by atoms with Gasteiger partial charge in [-0.3, -0.25) is 4.79 Å². The van der Waals surface area contributed by atoms with Crippen LogP contribution >= 0.6 is 11.6 Å². The van der Waals surface area contributed by atoms with Gasteiger partial charge in [0.15, 0.2) is 0 Å². The number of carbonyl (C=O) groups excluding carboxylic acids is 1. The first-order valence-corrected chi connectivity index (χ1v) is 11.0. The van der Waals surface area contributed by atoms with Gasteiger partial charge in [-0.05, 0) is 18.8 Å². The Morgan fingerprint density at radius 2 is 1.21 bits per heavy atom. The van der Waals surface area contributed by atoms with Crippen molar-refractivity contribution < 1.29 is 4.79 Å². The predicted octanol–water partition coefficient (Wildman–Crippen LogP) is 6.85. The molecule has 0 heterocycles. The first kappa shape index (κ1) is 23.8. The van der Waals surface area contributed by atoms with E-state index in [1.54, 1.807) is 0 Å². The molecular formula is C21H42ClNO. The van der Waals surface area contributed by atoms with Gasteiger partial charge in [0, 0.05) is 18.8 Å². The van der Waals surface area contributed by atoms with Crippen LogP contribution in [-0.4, -0.2) is 18.3 Å². The molecule has 0 aliphatic heterocycles. The summed E-state index contributed by atoms with van der Waals surface area (Å²) in [5.74, 6) is 1.68. The van der Waals surface area contributed by atoms with Gasteiger partial charge in [-0.2, -0.15) is 0 Å². The van der Waals surface area contributed by atoms with Crippen LogP contribution < -0.4 is 5.32 Å². The van der Waals surface area contributed by atoms with Crippen molar-refractivity contribution in [2.24, 2.45) is 5.92 Å². The van der Waals surface area contributed by atoms with Crippen molar-refractivity contribution in [1.29, 1.82) is 0 Å². The minimum Gasteiger partial charge on any atom is -0.356 e. The summed E-state index contributed by atoms with van der Waals surface area (Å²) in [7, 11) is 0. The van der Waals surface area contributed by atoms with Crippen LogP contribution in [-0.2, 0) is 4.79 Å². The smallest absolute Gasteiger partial charge is 0.219 e. The molecule has 0 atom stereocenters. The second-order valence-corrected chi connectivity index (χ2v) is 7.95. The van der Waals surface area contributed by atoms with E-state index in [2.05, 4.69) is 19.2 Å². The first-order valence-electron chi connectivity index (χ1n) is 10.5. The molecule has 0 radical (unpaired) electrons. The number of rotatable bonds is 18. The Bertz CT molecular complexity index is 269. The van der Waals surface area contributed by atoms with Crippen LogP contribution in [0.15, 0.2) is 0 Å². The molecule has 0 spiro atoms. The summed E-state index contributed by atoms with van der Waals surface area (Å²) in [6.07, 6.45) is 19.1. The maximum atomic E-state index is 11.5. The maximum absolute atomic E-state index is 11.5. The van der Waals surface area contributed by atoms with Gasteiger partial charge in [0.1, 0.15) is 0 Å². The number of halogens is 1. The van der Waals surface area contributed by atoms with E-state index < -0.39 is 0 Å². The molecule has 0 aliphatic carbocycles. The molecule has 3 heteroatoms. The molecule has 0 aliphatic rings. The minimum absolute atomic E-state index is 0.188. The summed E-state index contributed by atoms with van der Waals surface area (Å²) < 4.78 is 0. The fourth-order valence-electron chi connectivity index (χ4n) is 2.99. The normalized spacial score (nSPS) is 11.2. The first-order chi connectivity index (χ1) is 11.7. The van der Waals surface area contributed by atoms with Gasteiger partial charge in [0.25, 0.3) is 0 Å². The number of hydrogen-bond donors (Lipinski definition) is 1. The van der Waals surface area contributed by atoms with E-state index in [4.69, 9.17) is 11.6 Å². The van der Waals surface area contributed by atoms with Crippen molar-refractivity contribution in [3.8, 4) is 0 Å². The lowest BCUT2D eigenvalue weighted by molar-refractivity contribution is -0.121. The highest BCUT2D eigenvalue weighted by Crippen LogP contribution is 2.14. The molecule has 0 saturated carbocycles. The Morgan fingerprint density at radius 3 is 1.67 bits per heavy atom. The van der Waals surface area contributed by atoms with E-state index >= 15 is 0 Å². The Hall–Kier alpha value is -0.240. The Balaban J connectivity index is 3.08. The van der Waals surface area contributed by atoms with Gasteiger partial charge >= 0.3 is 0 Å². The third-order valence-electron chi connectivity index (χ3n) is 4.57. The molecule has 0 rings (SSSR count). The van der Waals surface area contributed by atoms with E-state index in [1.165, 1.54) is 77.0 Å². The molecule has 1 amide bonds. The van der Waals surface area contributed by atoms with E-state index in [-0.39, 0.29) is 5.91 Å². The van der Waals surface area contributed by atoms with Crippen molar-refractivity contribution >= 4 is 17.5 Å². The Morgan fingerprint density at radius 1 is 0.750 bits per heavy atom. The Labute approximate surface area is 156 Å². The zero-order valence-electron chi connectivity index (χ0n) is 16.4. The highest BCUT2D eigenvalue weighted by molar-refractivity contribution is 6.17. The molecule has 0 fully saturated rings. The SMILES string of the molecule is CC(C)CCCCCCCCCCCCCCC(=O)NCCCCl. The number of nitrogens with one attached hydrogen (secondary N) is 1. The molecule has 24 heavy (non-hydrogen) atoms. The zero-order valence-corrected chi connectivity index (χ0v) is 17.1. The van der Waals surface area contributed by atoms with E-state index in [9.17, 15) is 4.79 Å². The van der Waals surface area contributed by atoms with Gasteiger partial charge < -0.3 is 5.32 Å². The summed E-state index contributed by atoms with van der Waals surface area (Å²) >= 11 is 5.58. The molecule has 0 aromatic carbocycles. The average molecular weight is 360 g/mol. The van der Waals surface area contributed by atoms with Gasteiger partial charge in [-0.1, -0.05) is 90.9 Å². The monoisotopic (exact) mass is 359 g/mol. The van der Waals surface area contributed by atoms with Crippen molar-refractivity contribution in [3.63, 3.8) is 0 Å². The van der Waals surface area contributed by atoms with Crippen molar-refractivity contribution in [3.05, 3.63) is 0 Å². The minimum atomic E-state index is 0.188. The van der Waals surface area contributed by atoms with Crippen LogP contribution in [0, 0.1) is 5.92 Å². The third kappa shape index (κ3) is 19.8. The van der Waals surface area contributed by atoms with E-state index in [1.807, 2.05) is 0 Å². The molecule has 1 N–H and O–H groups in total. The van der Waals surface area contributed by atoms with Crippen molar-refractivity contribution in [2.45, 2.75) is 110 Å². The maximum Gasteiger partial charge on any atom is 0.219 e. The molecule has 144 valence electrons. The highest BCUT2D eigenvalue weighted by atomic mass is 35.5. The second kappa shape index (κ2) is 19.1. The number of carbonyl (C=O) groups is 1. The van der Waals surface area contributed by atoms with E-state index in [0.717, 1.165) is 25.3 Å². The number of unbranched alkanes of at least 4 members (excludes halogenated alkanes) is 11. The molecule has 2 nitrogen and oxygen atoms in total. The molecule has 0 unspecified atom stereocenters. The molecule has 0 bridgehead atoms. The predicted molar refractivity (Wildman–Crippen MR) is 108 cm³/mol. The van der Waals surface area contributed by atoms with Gasteiger partial charge in [0.05, 0.1) is 0 Å². The van der Waals surface area contributed by atoms with Crippen LogP contribution in [0.5, 0.6) is 0 Å². The topological polar surface area (TPSA) is 29.1 Å². The largest absolute Gasteiger partial charge is 0.356 e. The Kier molecular flexibility index (Phi) is 18.9. The summed E-state index contributed by atoms with van der Waals surface area (Å²) in [5.41, 5.74) is 0. The van der Waals surface area contributed by atoms with Crippen molar-refractivity contribution in [2.75, 3.05) is 12.4 Å². The lowest BCUT2D eigenvalue weighted by Crippen LogP contribution is -2.24. The van der Waals surface area contributed by atoms with Crippen LogP contribution in [0.1, 0.15) is 110 Å². The summed E-state index contributed by atoms with van der Waals surface area (Å²) in [5, 5.41) is 2.91.